The standard InChI is InChI=1S/C10H17N3O5S/c1-2-18-5-6-19(16,17)13-4-3-10(7-13)8(14)11-9(15)12-10/h2-7H2,1H3,(H2,11,12,14,15). The van der Waals surface area contributed by atoms with Crippen molar-refractivity contribution in [3.63, 3.8) is 0 Å². The van der Waals surface area contributed by atoms with Gasteiger partial charge in [-0.15, -0.1) is 0 Å². The number of carbonyl (C=O) groups excluding carboxylic acids is 2. The summed E-state index contributed by atoms with van der Waals surface area (Å²) in [5.41, 5.74) is -1.10. The first-order valence-electron chi connectivity index (χ1n) is 6.09. The molecule has 2 rings (SSSR count). The van der Waals surface area contributed by atoms with Crippen LogP contribution in [0.15, 0.2) is 0 Å². The molecule has 2 fully saturated rings. The summed E-state index contributed by atoms with van der Waals surface area (Å²) in [4.78, 5) is 22.9. The van der Waals surface area contributed by atoms with Gasteiger partial charge in [0.15, 0.2) is 0 Å². The Balaban J connectivity index is 2.02. The van der Waals surface area contributed by atoms with Crippen molar-refractivity contribution in [3.8, 4) is 0 Å². The van der Waals surface area contributed by atoms with E-state index in [1.54, 1.807) is 6.92 Å². The second-order valence-corrected chi connectivity index (χ2v) is 6.68. The molecule has 0 saturated carbocycles. The van der Waals surface area contributed by atoms with Crippen LogP contribution in [0.5, 0.6) is 0 Å². The van der Waals surface area contributed by atoms with E-state index >= 15 is 0 Å². The zero-order valence-electron chi connectivity index (χ0n) is 10.6. The fourth-order valence-electron chi connectivity index (χ4n) is 2.27. The van der Waals surface area contributed by atoms with Gasteiger partial charge in [-0.3, -0.25) is 10.1 Å². The Morgan fingerprint density at radius 1 is 1.42 bits per heavy atom. The predicted molar refractivity (Wildman–Crippen MR) is 65.9 cm³/mol. The van der Waals surface area contributed by atoms with Gasteiger partial charge < -0.3 is 10.1 Å². The number of sulfonamides is 1. The number of amides is 3. The van der Waals surface area contributed by atoms with E-state index < -0.39 is 27.5 Å². The first kappa shape index (κ1) is 14.2. The average molecular weight is 291 g/mol. The highest BCUT2D eigenvalue weighted by molar-refractivity contribution is 7.89. The van der Waals surface area contributed by atoms with Crippen molar-refractivity contribution in [1.29, 1.82) is 0 Å². The maximum Gasteiger partial charge on any atom is 0.322 e. The maximum absolute atomic E-state index is 12.0. The molecule has 2 saturated heterocycles. The van der Waals surface area contributed by atoms with Gasteiger partial charge in [0.05, 0.1) is 12.4 Å². The summed E-state index contributed by atoms with van der Waals surface area (Å²) < 4.78 is 30.3. The summed E-state index contributed by atoms with van der Waals surface area (Å²) >= 11 is 0. The maximum atomic E-state index is 12.0. The van der Waals surface area contributed by atoms with Gasteiger partial charge in [-0.1, -0.05) is 0 Å². The monoisotopic (exact) mass is 291 g/mol. The SMILES string of the molecule is CCOCCS(=O)(=O)N1CCC2(C1)NC(=O)NC2=O. The minimum Gasteiger partial charge on any atom is -0.381 e. The van der Waals surface area contributed by atoms with Crippen molar-refractivity contribution in [2.24, 2.45) is 0 Å². The molecule has 2 aliphatic rings. The molecule has 108 valence electrons. The minimum absolute atomic E-state index is 0.0148. The van der Waals surface area contributed by atoms with Crippen molar-refractivity contribution in [3.05, 3.63) is 0 Å². The van der Waals surface area contributed by atoms with Crippen molar-refractivity contribution in [2.45, 2.75) is 18.9 Å². The molecular weight excluding hydrogens is 274 g/mol. The van der Waals surface area contributed by atoms with E-state index in [0.29, 0.717) is 13.0 Å². The number of hydrogen-bond acceptors (Lipinski definition) is 5. The molecule has 1 atom stereocenters. The predicted octanol–water partition coefficient (Wildman–Crippen LogP) is -1.36. The van der Waals surface area contributed by atoms with Crippen molar-refractivity contribution in [1.82, 2.24) is 14.9 Å². The largest absolute Gasteiger partial charge is 0.381 e. The van der Waals surface area contributed by atoms with Crippen LogP contribution in [0.1, 0.15) is 13.3 Å². The zero-order valence-corrected chi connectivity index (χ0v) is 11.5. The number of carbonyl (C=O) groups is 2. The fraction of sp³-hybridized carbons (Fsp3) is 0.800. The molecule has 19 heavy (non-hydrogen) atoms. The first-order valence-corrected chi connectivity index (χ1v) is 7.70. The fourth-order valence-corrected chi connectivity index (χ4v) is 3.64. The van der Waals surface area contributed by atoms with Gasteiger partial charge in [-0.05, 0) is 13.3 Å². The van der Waals surface area contributed by atoms with E-state index in [1.165, 1.54) is 4.31 Å². The molecular formula is C10H17N3O5S. The summed E-state index contributed by atoms with van der Waals surface area (Å²) in [6, 6.07) is -0.571. The van der Waals surface area contributed by atoms with Crippen molar-refractivity contribution in [2.75, 3.05) is 32.1 Å². The number of ether oxygens (including phenoxy) is 1. The lowest BCUT2D eigenvalue weighted by molar-refractivity contribution is -0.123. The van der Waals surface area contributed by atoms with Gasteiger partial charge >= 0.3 is 6.03 Å². The lowest BCUT2D eigenvalue weighted by Crippen LogP contribution is -2.49. The van der Waals surface area contributed by atoms with Crippen molar-refractivity contribution < 1.29 is 22.7 Å². The second kappa shape index (κ2) is 5.06. The molecule has 3 amide bonds. The van der Waals surface area contributed by atoms with Crippen LogP contribution in [-0.4, -0.2) is 62.3 Å². The minimum atomic E-state index is -3.46. The third-order valence-corrected chi connectivity index (χ3v) is 5.11. The van der Waals surface area contributed by atoms with Gasteiger partial charge in [-0.2, -0.15) is 4.31 Å². The van der Waals surface area contributed by atoms with Crippen LogP contribution in [-0.2, 0) is 19.6 Å². The second-order valence-electron chi connectivity index (χ2n) is 4.59. The lowest BCUT2D eigenvalue weighted by Gasteiger charge is -2.20. The van der Waals surface area contributed by atoms with E-state index in [4.69, 9.17) is 4.74 Å². The van der Waals surface area contributed by atoms with Crippen LogP contribution >= 0.6 is 0 Å². The third kappa shape index (κ3) is 2.72. The molecule has 0 aromatic carbocycles. The Morgan fingerprint density at radius 3 is 2.74 bits per heavy atom. The Morgan fingerprint density at radius 2 is 2.16 bits per heavy atom. The average Bonchev–Trinajstić information content (AvgIpc) is 2.85. The highest BCUT2D eigenvalue weighted by atomic mass is 32.2. The third-order valence-electron chi connectivity index (χ3n) is 3.33. The van der Waals surface area contributed by atoms with Crippen LogP contribution in [0, 0.1) is 0 Å². The molecule has 0 radical (unpaired) electrons. The number of imide groups is 1. The molecule has 0 aromatic heterocycles. The van der Waals surface area contributed by atoms with Gasteiger partial charge in [-0.25, -0.2) is 13.2 Å². The van der Waals surface area contributed by atoms with E-state index in [0.717, 1.165) is 0 Å². The molecule has 2 N–H and O–H groups in total. The van der Waals surface area contributed by atoms with Crippen LogP contribution in [0.3, 0.4) is 0 Å². The molecule has 2 heterocycles. The van der Waals surface area contributed by atoms with Gasteiger partial charge in [0.1, 0.15) is 5.54 Å². The summed E-state index contributed by atoms with van der Waals surface area (Å²) in [5.74, 6) is -0.577. The molecule has 0 bridgehead atoms. The van der Waals surface area contributed by atoms with Crippen LogP contribution < -0.4 is 10.6 Å². The Kier molecular flexibility index (Phi) is 3.79. The Hall–Kier alpha value is -1.19. The van der Waals surface area contributed by atoms with E-state index in [-0.39, 0.29) is 25.4 Å². The molecule has 1 unspecified atom stereocenters. The summed E-state index contributed by atoms with van der Waals surface area (Å²) in [7, 11) is -3.46. The molecule has 2 aliphatic heterocycles. The summed E-state index contributed by atoms with van der Waals surface area (Å²) in [6.45, 7) is 2.58. The summed E-state index contributed by atoms with van der Waals surface area (Å²) in [6.07, 6.45) is 0.290. The van der Waals surface area contributed by atoms with Crippen LogP contribution in [0.2, 0.25) is 0 Å². The number of nitrogens with one attached hydrogen (secondary N) is 2. The van der Waals surface area contributed by atoms with Crippen LogP contribution in [0.4, 0.5) is 4.79 Å². The van der Waals surface area contributed by atoms with E-state index in [2.05, 4.69) is 10.6 Å². The van der Waals surface area contributed by atoms with Gasteiger partial charge in [0.25, 0.3) is 5.91 Å². The molecule has 9 heteroatoms. The topological polar surface area (TPSA) is 105 Å². The normalized spacial score (nSPS) is 27.8. The van der Waals surface area contributed by atoms with E-state index in [1.807, 2.05) is 0 Å². The van der Waals surface area contributed by atoms with E-state index in [9.17, 15) is 18.0 Å². The number of nitrogens with zero attached hydrogens (tertiary/aromatic N) is 1. The Labute approximate surface area is 111 Å². The summed E-state index contributed by atoms with van der Waals surface area (Å²) in [5, 5.41) is 4.65. The number of hydrogen-bond donors (Lipinski definition) is 2. The number of rotatable bonds is 5. The van der Waals surface area contributed by atoms with Gasteiger partial charge in [0.2, 0.25) is 10.0 Å². The highest BCUT2D eigenvalue weighted by Crippen LogP contribution is 2.26. The van der Waals surface area contributed by atoms with Gasteiger partial charge in [0, 0.05) is 19.7 Å². The molecule has 0 aliphatic carbocycles. The van der Waals surface area contributed by atoms with Crippen molar-refractivity contribution >= 4 is 22.0 Å². The smallest absolute Gasteiger partial charge is 0.322 e. The molecule has 8 nitrogen and oxygen atoms in total. The first-order chi connectivity index (χ1) is 8.89. The van der Waals surface area contributed by atoms with Crippen LogP contribution in [0.25, 0.3) is 0 Å². The Bertz CT molecular complexity index is 491. The molecule has 1 spiro atoms. The highest BCUT2D eigenvalue weighted by Gasteiger charge is 2.52. The zero-order chi connectivity index (χ0) is 14.1. The molecule has 0 aromatic rings. The quantitative estimate of drug-likeness (QED) is 0.481. The lowest BCUT2D eigenvalue weighted by atomic mass is 10.00. The number of urea groups is 1.